The predicted molar refractivity (Wildman–Crippen MR) is 40.9 cm³/mol. The van der Waals surface area contributed by atoms with Crippen molar-refractivity contribution in [2.24, 2.45) is 0 Å². The molecule has 11 heavy (non-hydrogen) atoms. The molecule has 0 radical (unpaired) electrons. The third-order valence-corrected chi connectivity index (χ3v) is 2.60. The van der Waals surface area contributed by atoms with Crippen LogP contribution in [-0.4, -0.2) is 32.9 Å². The van der Waals surface area contributed by atoms with Crippen molar-refractivity contribution in [1.82, 2.24) is 9.03 Å². The second-order valence-corrected chi connectivity index (χ2v) is 4.48. The monoisotopic (exact) mass is 189 g/mol. The average molecular weight is 189 g/mol. The van der Waals surface area contributed by atoms with Crippen LogP contribution in [0.15, 0.2) is 0 Å². The molecule has 0 bridgehead atoms. The molecule has 0 aliphatic heterocycles. The molecular formula is C5H14N2NaO2S+. The van der Waals surface area contributed by atoms with Gasteiger partial charge in [-0.15, -0.1) is 0 Å². The molecule has 4 nitrogen and oxygen atoms in total. The molecule has 0 aliphatic carbocycles. The van der Waals surface area contributed by atoms with Crippen molar-refractivity contribution < 1.29 is 38.0 Å². The molecule has 62 valence electrons. The molecule has 0 fully saturated rings. The third kappa shape index (κ3) is 6.07. The van der Waals surface area contributed by atoms with Crippen LogP contribution in [0.3, 0.4) is 0 Å². The van der Waals surface area contributed by atoms with Gasteiger partial charge in [0.25, 0.3) is 10.2 Å². The molecule has 0 spiro atoms. The number of hydrogen-bond acceptors (Lipinski definition) is 2. The van der Waals surface area contributed by atoms with Crippen molar-refractivity contribution >= 4 is 10.2 Å². The fourth-order valence-electron chi connectivity index (χ4n) is 0.403. The van der Waals surface area contributed by atoms with Gasteiger partial charge in [0.15, 0.2) is 0 Å². The van der Waals surface area contributed by atoms with E-state index in [-0.39, 0.29) is 35.6 Å². The molecule has 0 amide bonds. The van der Waals surface area contributed by atoms with E-state index in [0.29, 0.717) is 0 Å². The van der Waals surface area contributed by atoms with Crippen molar-refractivity contribution in [3.05, 3.63) is 0 Å². The van der Waals surface area contributed by atoms with Gasteiger partial charge in [-0.3, -0.25) is 0 Å². The van der Waals surface area contributed by atoms with Gasteiger partial charge in [0.05, 0.1) is 0 Å². The minimum Gasteiger partial charge on any atom is -0.200 e. The first-order chi connectivity index (χ1) is 4.36. The Labute approximate surface area is 90.8 Å². The van der Waals surface area contributed by atoms with Gasteiger partial charge < -0.3 is 0 Å². The Balaban J connectivity index is 0. The van der Waals surface area contributed by atoms with E-state index in [1.807, 2.05) is 0 Å². The van der Waals surface area contributed by atoms with Gasteiger partial charge in [-0.2, -0.15) is 17.4 Å². The molecule has 0 aliphatic rings. The smallest absolute Gasteiger partial charge is 0.200 e. The molecule has 0 rings (SSSR count). The van der Waals surface area contributed by atoms with Crippen molar-refractivity contribution in [2.45, 2.75) is 19.9 Å². The third-order valence-electron chi connectivity index (χ3n) is 0.865. The van der Waals surface area contributed by atoms with Gasteiger partial charge in [0.1, 0.15) is 0 Å². The molecule has 0 heterocycles. The maximum absolute atomic E-state index is 11.0. The van der Waals surface area contributed by atoms with Crippen LogP contribution in [0.1, 0.15) is 13.8 Å². The SMILES string of the molecule is CC(C)NS(=O)(=O)N(C)C.[Na+]. The van der Waals surface area contributed by atoms with Gasteiger partial charge in [-0.05, 0) is 13.8 Å². The normalized spacial score (nSPS) is 11.8. The van der Waals surface area contributed by atoms with Crippen LogP contribution in [0.2, 0.25) is 0 Å². The first kappa shape index (κ1) is 14.4. The maximum atomic E-state index is 11.0. The zero-order valence-corrected chi connectivity index (χ0v) is 10.6. The van der Waals surface area contributed by atoms with Crippen molar-refractivity contribution in [3.63, 3.8) is 0 Å². The van der Waals surface area contributed by atoms with Crippen LogP contribution in [0, 0.1) is 0 Å². The minimum atomic E-state index is -3.21. The fraction of sp³-hybridized carbons (Fsp3) is 1.00. The Hall–Kier alpha value is 0.870. The summed E-state index contributed by atoms with van der Waals surface area (Å²) in [6.07, 6.45) is 0. The van der Waals surface area contributed by atoms with Crippen molar-refractivity contribution in [3.8, 4) is 0 Å². The first-order valence-electron chi connectivity index (χ1n) is 3.06. The Morgan fingerprint density at radius 1 is 1.27 bits per heavy atom. The molecule has 1 N–H and O–H groups in total. The molecule has 6 heteroatoms. The minimum absolute atomic E-state index is 0. The van der Waals surface area contributed by atoms with E-state index >= 15 is 0 Å². The van der Waals surface area contributed by atoms with Gasteiger partial charge in [0, 0.05) is 20.1 Å². The van der Waals surface area contributed by atoms with E-state index in [0.717, 1.165) is 4.31 Å². The van der Waals surface area contributed by atoms with E-state index in [1.165, 1.54) is 14.1 Å². The van der Waals surface area contributed by atoms with Crippen LogP contribution >= 0.6 is 0 Å². The van der Waals surface area contributed by atoms with Crippen LogP contribution in [-0.2, 0) is 10.2 Å². The van der Waals surface area contributed by atoms with Crippen LogP contribution in [0.25, 0.3) is 0 Å². The van der Waals surface area contributed by atoms with E-state index in [2.05, 4.69) is 4.72 Å². The summed E-state index contributed by atoms with van der Waals surface area (Å²) in [5, 5.41) is 0. The van der Waals surface area contributed by atoms with Gasteiger partial charge in [-0.1, -0.05) is 0 Å². The Morgan fingerprint density at radius 2 is 1.64 bits per heavy atom. The second-order valence-electron chi connectivity index (χ2n) is 2.56. The molecule has 0 aromatic heterocycles. The maximum Gasteiger partial charge on any atom is 1.00 e. The van der Waals surface area contributed by atoms with Gasteiger partial charge >= 0.3 is 29.6 Å². The van der Waals surface area contributed by atoms with E-state index in [9.17, 15) is 8.42 Å². The summed E-state index contributed by atoms with van der Waals surface area (Å²) < 4.78 is 25.5. The summed E-state index contributed by atoms with van der Waals surface area (Å²) in [5.74, 6) is 0. The fourth-order valence-corrected chi connectivity index (χ4v) is 1.21. The molecule has 0 aromatic carbocycles. The summed E-state index contributed by atoms with van der Waals surface area (Å²) in [6.45, 7) is 3.56. The summed E-state index contributed by atoms with van der Waals surface area (Å²) in [6, 6.07) is -0.0487. The van der Waals surface area contributed by atoms with E-state index in [4.69, 9.17) is 0 Å². The second kappa shape index (κ2) is 5.50. The summed E-state index contributed by atoms with van der Waals surface area (Å²) in [4.78, 5) is 0. The number of nitrogens with zero attached hydrogens (tertiary/aromatic N) is 1. The van der Waals surface area contributed by atoms with Crippen LogP contribution in [0.4, 0.5) is 0 Å². The Kier molecular flexibility index (Phi) is 7.20. The van der Waals surface area contributed by atoms with Crippen molar-refractivity contribution in [1.29, 1.82) is 0 Å². The molecule has 0 saturated carbocycles. The zero-order chi connectivity index (χ0) is 8.36. The Bertz CT molecular complexity index is 189. The predicted octanol–water partition coefficient (Wildman–Crippen LogP) is -3.21. The summed E-state index contributed by atoms with van der Waals surface area (Å²) in [7, 11) is -0.233. The molecule has 0 atom stereocenters. The number of nitrogens with one attached hydrogen (secondary N) is 1. The zero-order valence-electron chi connectivity index (χ0n) is 7.75. The molecular weight excluding hydrogens is 175 g/mol. The standard InChI is InChI=1S/C5H14N2O2S.Na/c1-5(2)6-10(8,9)7(3)4;/h5-6H,1-4H3;/q;+1. The quantitative estimate of drug-likeness (QED) is 0.475. The largest absolute Gasteiger partial charge is 1.00 e. The average Bonchev–Trinajstić information content (AvgIpc) is 1.60. The summed E-state index contributed by atoms with van der Waals surface area (Å²) >= 11 is 0. The molecule has 0 unspecified atom stereocenters. The van der Waals surface area contributed by atoms with Gasteiger partial charge in [-0.25, -0.2) is 0 Å². The van der Waals surface area contributed by atoms with Crippen LogP contribution < -0.4 is 34.3 Å². The number of hydrogen-bond donors (Lipinski definition) is 1. The first-order valence-corrected chi connectivity index (χ1v) is 4.50. The van der Waals surface area contributed by atoms with E-state index < -0.39 is 10.2 Å². The Morgan fingerprint density at radius 3 is 1.73 bits per heavy atom. The van der Waals surface area contributed by atoms with E-state index in [1.54, 1.807) is 13.8 Å². The number of rotatable bonds is 3. The van der Waals surface area contributed by atoms with Crippen molar-refractivity contribution in [2.75, 3.05) is 14.1 Å². The van der Waals surface area contributed by atoms with Crippen LogP contribution in [0.5, 0.6) is 0 Å². The van der Waals surface area contributed by atoms with Gasteiger partial charge in [0.2, 0.25) is 0 Å². The molecule has 0 saturated heterocycles. The topological polar surface area (TPSA) is 49.4 Å². The molecule has 0 aromatic rings. The summed E-state index contributed by atoms with van der Waals surface area (Å²) in [5.41, 5.74) is 0.